The zero-order chi connectivity index (χ0) is 19.8. The van der Waals surface area contributed by atoms with Gasteiger partial charge in [0.1, 0.15) is 5.75 Å². The van der Waals surface area contributed by atoms with Crippen molar-refractivity contribution < 1.29 is 23.8 Å². The van der Waals surface area contributed by atoms with Gasteiger partial charge in [0, 0.05) is 11.1 Å². The third kappa shape index (κ3) is 3.53. The van der Waals surface area contributed by atoms with Crippen LogP contribution in [0.15, 0.2) is 35.2 Å². The lowest BCUT2D eigenvalue weighted by Crippen LogP contribution is -2.27. The summed E-state index contributed by atoms with van der Waals surface area (Å²) < 4.78 is 15.7. The predicted molar refractivity (Wildman–Crippen MR) is 107 cm³/mol. The fourth-order valence-electron chi connectivity index (χ4n) is 2.81. The Hall–Kier alpha value is -2.35. The number of hydrogen-bond acceptors (Lipinski definition) is 6. The highest BCUT2D eigenvalue weighted by Crippen LogP contribution is 2.39. The second-order valence-electron chi connectivity index (χ2n) is 5.96. The van der Waals surface area contributed by atoms with Crippen LogP contribution in [0.5, 0.6) is 17.2 Å². The minimum Gasteiger partial charge on any atom is -0.495 e. The number of carbonyl (C=O) groups is 2. The lowest BCUT2D eigenvalue weighted by Gasteiger charge is -2.14. The molecule has 2 heterocycles. The van der Waals surface area contributed by atoms with Gasteiger partial charge in [0.25, 0.3) is 11.1 Å². The van der Waals surface area contributed by atoms with Crippen LogP contribution in [-0.2, 0) is 11.3 Å². The number of imide groups is 1. The Balaban J connectivity index is 1.57. The van der Waals surface area contributed by atoms with E-state index in [1.807, 2.05) is 0 Å². The summed E-state index contributed by atoms with van der Waals surface area (Å²) in [4.78, 5) is 26.6. The van der Waals surface area contributed by atoms with Crippen molar-refractivity contribution in [3.63, 3.8) is 0 Å². The van der Waals surface area contributed by atoms with Crippen LogP contribution < -0.4 is 14.2 Å². The Bertz CT molecular complexity index is 1020. The summed E-state index contributed by atoms with van der Waals surface area (Å²) in [6, 6.07) is 8.43. The average Bonchev–Trinajstić information content (AvgIpc) is 3.21. The van der Waals surface area contributed by atoms with Crippen LogP contribution in [0, 0.1) is 0 Å². The number of halogens is 2. The summed E-state index contributed by atoms with van der Waals surface area (Å²) in [5.41, 5.74) is 1.29. The van der Waals surface area contributed by atoms with E-state index < -0.39 is 5.91 Å². The summed E-state index contributed by atoms with van der Waals surface area (Å²) in [5.74, 6) is 1.22. The van der Waals surface area contributed by atoms with Gasteiger partial charge in [0.2, 0.25) is 6.79 Å². The molecule has 0 atom stereocenters. The second-order valence-corrected chi connectivity index (χ2v) is 7.77. The van der Waals surface area contributed by atoms with Gasteiger partial charge in [-0.1, -0.05) is 29.3 Å². The predicted octanol–water partition coefficient (Wildman–Crippen LogP) is 4.97. The van der Waals surface area contributed by atoms with Crippen molar-refractivity contribution in [2.24, 2.45) is 0 Å². The summed E-state index contributed by atoms with van der Waals surface area (Å²) in [7, 11) is 1.52. The molecule has 4 rings (SSSR count). The van der Waals surface area contributed by atoms with Crippen molar-refractivity contribution in [3.8, 4) is 17.2 Å². The maximum absolute atomic E-state index is 12.7. The summed E-state index contributed by atoms with van der Waals surface area (Å²) in [5, 5.41) is 0.446. The van der Waals surface area contributed by atoms with Gasteiger partial charge in [-0.15, -0.1) is 0 Å². The van der Waals surface area contributed by atoms with E-state index in [0.717, 1.165) is 16.7 Å². The lowest BCUT2D eigenvalue weighted by molar-refractivity contribution is -0.123. The zero-order valence-corrected chi connectivity index (χ0v) is 16.9. The maximum atomic E-state index is 12.7. The first-order chi connectivity index (χ1) is 13.5. The van der Waals surface area contributed by atoms with Gasteiger partial charge in [0.05, 0.1) is 23.6 Å². The second kappa shape index (κ2) is 7.58. The van der Waals surface area contributed by atoms with E-state index in [-0.39, 0.29) is 18.6 Å². The van der Waals surface area contributed by atoms with Crippen molar-refractivity contribution >= 4 is 52.2 Å². The topological polar surface area (TPSA) is 65.1 Å². The van der Waals surface area contributed by atoms with E-state index in [1.54, 1.807) is 36.4 Å². The van der Waals surface area contributed by atoms with Crippen LogP contribution in [0.1, 0.15) is 11.1 Å². The number of methoxy groups -OCH3 is 1. The number of amides is 2. The first-order valence-electron chi connectivity index (χ1n) is 8.13. The molecular weight excluding hydrogens is 425 g/mol. The van der Waals surface area contributed by atoms with Crippen molar-refractivity contribution in [3.05, 3.63) is 56.4 Å². The van der Waals surface area contributed by atoms with Gasteiger partial charge in [-0.05, 0) is 47.2 Å². The number of benzene rings is 2. The number of ether oxygens (including phenoxy) is 3. The minimum absolute atomic E-state index is 0.0425. The SMILES string of the molecule is COc1ccc(/C=C2\SC(=O)N(Cc3cc4c(cc3Cl)OCO4)C2=O)cc1Cl. The van der Waals surface area contributed by atoms with Gasteiger partial charge < -0.3 is 14.2 Å². The molecule has 28 heavy (non-hydrogen) atoms. The van der Waals surface area contributed by atoms with Crippen molar-refractivity contribution in [1.29, 1.82) is 0 Å². The Kier molecular flexibility index (Phi) is 5.14. The molecule has 2 amide bonds. The number of rotatable bonds is 4. The molecular formula is C19H13Cl2NO5S. The molecule has 6 nitrogen and oxygen atoms in total. The van der Waals surface area contributed by atoms with E-state index in [4.69, 9.17) is 37.4 Å². The Labute approximate surface area is 174 Å². The van der Waals surface area contributed by atoms with Crippen molar-refractivity contribution in [2.45, 2.75) is 6.54 Å². The molecule has 9 heteroatoms. The van der Waals surface area contributed by atoms with Gasteiger partial charge in [-0.2, -0.15) is 0 Å². The fraction of sp³-hybridized carbons (Fsp3) is 0.158. The largest absolute Gasteiger partial charge is 0.495 e. The molecule has 144 valence electrons. The minimum atomic E-state index is -0.393. The van der Waals surface area contributed by atoms with E-state index in [9.17, 15) is 9.59 Å². The molecule has 0 aliphatic carbocycles. The molecule has 0 saturated carbocycles. The lowest BCUT2D eigenvalue weighted by atomic mass is 10.1. The van der Waals surface area contributed by atoms with Gasteiger partial charge in [-0.25, -0.2) is 0 Å². The summed E-state index contributed by atoms with van der Waals surface area (Å²) in [6.45, 7) is 0.157. The van der Waals surface area contributed by atoms with Gasteiger partial charge in [0.15, 0.2) is 11.5 Å². The van der Waals surface area contributed by atoms with Crippen LogP contribution >= 0.6 is 35.0 Å². The summed E-state index contributed by atoms with van der Waals surface area (Å²) >= 11 is 13.2. The normalized spacial score (nSPS) is 17.0. The number of nitrogens with zero attached hydrogens (tertiary/aromatic N) is 1. The number of fused-ring (bicyclic) bond motifs is 1. The van der Waals surface area contributed by atoms with Crippen LogP contribution in [0.2, 0.25) is 10.0 Å². The quantitative estimate of drug-likeness (QED) is 0.629. The van der Waals surface area contributed by atoms with Crippen molar-refractivity contribution in [2.75, 3.05) is 13.9 Å². The highest BCUT2D eigenvalue weighted by Gasteiger charge is 2.35. The molecule has 2 aliphatic heterocycles. The Morgan fingerprint density at radius 1 is 1.14 bits per heavy atom. The third-order valence-electron chi connectivity index (χ3n) is 4.22. The summed E-state index contributed by atoms with van der Waals surface area (Å²) in [6.07, 6.45) is 1.62. The molecule has 2 aromatic carbocycles. The monoisotopic (exact) mass is 437 g/mol. The van der Waals surface area contributed by atoms with Gasteiger partial charge in [-0.3, -0.25) is 14.5 Å². The average molecular weight is 438 g/mol. The molecule has 0 radical (unpaired) electrons. The highest BCUT2D eigenvalue weighted by molar-refractivity contribution is 8.18. The zero-order valence-electron chi connectivity index (χ0n) is 14.5. The van der Waals surface area contributed by atoms with E-state index >= 15 is 0 Å². The highest BCUT2D eigenvalue weighted by atomic mass is 35.5. The number of thioether (sulfide) groups is 1. The van der Waals surface area contributed by atoms with E-state index in [1.165, 1.54) is 7.11 Å². The Morgan fingerprint density at radius 2 is 1.89 bits per heavy atom. The van der Waals surface area contributed by atoms with Gasteiger partial charge >= 0.3 is 0 Å². The molecule has 0 N–H and O–H groups in total. The fourth-order valence-corrected chi connectivity index (χ4v) is 4.13. The standard InChI is InChI=1S/C19H13Cl2NO5S/c1-25-14-3-2-10(4-13(14)21)5-17-18(23)22(19(24)28-17)8-11-6-15-16(7-12(11)20)27-9-26-15/h2-7H,8-9H2,1H3/b17-5-. The smallest absolute Gasteiger partial charge is 0.293 e. The van der Waals surface area contributed by atoms with E-state index in [2.05, 4.69) is 0 Å². The molecule has 1 saturated heterocycles. The molecule has 0 unspecified atom stereocenters. The first-order valence-corrected chi connectivity index (χ1v) is 9.70. The van der Waals surface area contributed by atoms with Crippen LogP contribution in [0.4, 0.5) is 4.79 Å². The van der Waals surface area contributed by atoms with Crippen LogP contribution in [0.3, 0.4) is 0 Å². The van der Waals surface area contributed by atoms with E-state index in [0.29, 0.717) is 43.3 Å². The number of carbonyl (C=O) groups excluding carboxylic acids is 2. The Morgan fingerprint density at radius 3 is 2.61 bits per heavy atom. The molecule has 1 fully saturated rings. The third-order valence-corrected chi connectivity index (χ3v) is 5.77. The molecule has 2 aliphatic rings. The molecule has 0 aromatic heterocycles. The number of hydrogen-bond donors (Lipinski definition) is 0. The van der Waals surface area contributed by atoms with Crippen LogP contribution in [-0.4, -0.2) is 29.9 Å². The van der Waals surface area contributed by atoms with Crippen LogP contribution in [0.25, 0.3) is 6.08 Å². The first kappa shape index (κ1) is 19.0. The molecule has 0 spiro atoms. The maximum Gasteiger partial charge on any atom is 0.293 e. The molecule has 2 aromatic rings. The molecule has 0 bridgehead atoms. The van der Waals surface area contributed by atoms with Crippen molar-refractivity contribution in [1.82, 2.24) is 4.90 Å².